The highest BCUT2D eigenvalue weighted by atomic mass is 16.5. The Bertz CT molecular complexity index is 1280. The van der Waals surface area contributed by atoms with Gasteiger partial charge in [0, 0.05) is 23.6 Å². The Morgan fingerprint density at radius 3 is 2.85 bits per heavy atom. The Balaban J connectivity index is 1.50. The molecule has 3 aliphatic heterocycles. The SMILES string of the molecule is CCCC=C1OC(=O)C2=C1CCC1C3CCC4(C(=CCC(C)CNC)OC(=O)C4=C3CC3=CCNC(N)=C3)C21. The highest BCUT2D eigenvalue weighted by Gasteiger charge is 2.68. The van der Waals surface area contributed by atoms with E-state index in [1.165, 1.54) is 5.57 Å². The summed E-state index contributed by atoms with van der Waals surface area (Å²) in [6.07, 6.45) is 15.4. The van der Waals surface area contributed by atoms with Gasteiger partial charge in [0.05, 0.1) is 16.8 Å². The molecule has 0 aromatic carbocycles. The van der Waals surface area contributed by atoms with Crippen molar-refractivity contribution >= 4 is 11.9 Å². The molecule has 7 heteroatoms. The van der Waals surface area contributed by atoms with Crippen molar-refractivity contribution in [3.05, 3.63) is 69.5 Å². The number of fused-ring (bicyclic) bond motifs is 1. The Morgan fingerprint density at radius 1 is 1.23 bits per heavy atom. The first-order valence-electron chi connectivity index (χ1n) is 14.8. The third-order valence-corrected chi connectivity index (χ3v) is 9.75. The van der Waals surface area contributed by atoms with Crippen molar-refractivity contribution in [2.75, 3.05) is 20.1 Å². The summed E-state index contributed by atoms with van der Waals surface area (Å²) in [5.41, 5.74) is 10.5. The van der Waals surface area contributed by atoms with Gasteiger partial charge in [0.1, 0.15) is 11.5 Å². The Kier molecular flexibility index (Phi) is 6.82. The summed E-state index contributed by atoms with van der Waals surface area (Å²) >= 11 is 0. The molecule has 5 atom stereocenters. The lowest BCUT2D eigenvalue weighted by atomic mass is 9.44. The normalized spacial score (nSPS) is 33.9. The summed E-state index contributed by atoms with van der Waals surface area (Å²) in [5.74, 6) is 2.57. The van der Waals surface area contributed by atoms with Crippen LogP contribution in [0.1, 0.15) is 65.2 Å². The van der Waals surface area contributed by atoms with Gasteiger partial charge in [0.15, 0.2) is 0 Å². The monoisotopic (exact) mass is 531 g/mol. The molecule has 0 radical (unpaired) electrons. The standard InChI is InChI=1S/C32H41N3O4/c1-4-5-6-24-22-9-8-21-20-11-13-32(28(21)27(22)30(36)38-24)25(10-7-18(2)17-34-3)39-31(37)29(32)23(20)15-19-12-14-35-26(33)16-19/h6,10,12,16,18,20-21,28,34-35H,4-5,7-9,11,13-15,17,33H2,1-3H3. The molecule has 2 bridgehead atoms. The van der Waals surface area contributed by atoms with E-state index in [1.807, 2.05) is 13.1 Å². The third-order valence-electron chi connectivity index (χ3n) is 9.75. The van der Waals surface area contributed by atoms with E-state index < -0.39 is 5.41 Å². The number of unbranched alkanes of at least 4 members (excludes halogenated alkanes) is 1. The number of carbonyl (C=O) groups excluding carboxylic acids is 2. The number of hydrogen-bond donors (Lipinski definition) is 3. The molecule has 1 saturated carbocycles. The van der Waals surface area contributed by atoms with Gasteiger partial charge in [-0.05, 0) is 100 Å². The van der Waals surface area contributed by atoms with Crippen LogP contribution in [-0.2, 0) is 19.1 Å². The minimum atomic E-state index is -0.603. The highest BCUT2D eigenvalue weighted by molar-refractivity contribution is 6.00. The number of cyclic esters (lactones) is 2. The van der Waals surface area contributed by atoms with E-state index >= 15 is 0 Å². The van der Waals surface area contributed by atoms with Gasteiger partial charge in [-0.15, -0.1) is 0 Å². The molecule has 0 amide bonds. The van der Waals surface area contributed by atoms with E-state index in [1.54, 1.807) is 0 Å². The maximum atomic E-state index is 13.8. The summed E-state index contributed by atoms with van der Waals surface area (Å²) in [5, 5.41) is 6.40. The Morgan fingerprint density at radius 2 is 2.08 bits per heavy atom. The number of allylic oxidation sites excluding steroid dienone is 7. The summed E-state index contributed by atoms with van der Waals surface area (Å²) in [6, 6.07) is 0. The quantitative estimate of drug-likeness (QED) is 0.392. The van der Waals surface area contributed by atoms with Crippen molar-refractivity contribution in [2.24, 2.45) is 34.8 Å². The van der Waals surface area contributed by atoms with Crippen LogP contribution in [0.15, 0.2) is 69.5 Å². The van der Waals surface area contributed by atoms with Crippen LogP contribution < -0.4 is 16.4 Å². The summed E-state index contributed by atoms with van der Waals surface area (Å²) < 4.78 is 12.1. The van der Waals surface area contributed by atoms with Crippen molar-refractivity contribution in [2.45, 2.75) is 65.2 Å². The lowest BCUT2D eigenvalue weighted by Gasteiger charge is -2.56. The van der Waals surface area contributed by atoms with Crippen molar-refractivity contribution in [1.29, 1.82) is 0 Å². The Labute approximate surface area is 231 Å². The number of esters is 2. The maximum Gasteiger partial charge on any atom is 0.340 e. The predicted octanol–water partition coefficient (Wildman–Crippen LogP) is 4.66. The third kappa shape index (κ3) is 4.12. The molecule has 0 aromatic heterocycles. The average molecular weight is 532 g/mol. The van der Waals surface area contributed by atoms with E-state index in [2.05, 4.69) is 42.7 Å². The maximum absolute atomic E-state index is 13.8. The molecular weight excluding hydrogens is 490 g/mol. The fraction of sp³-hybridized carbons (Fsp3) is 0.562. The van der Waals surface area contributed by atoms with E-state index in [0.29, 0.717) is 24.7 Å². The van der Waals surface area contributed by atoms with Gasteiger partial charge in [-0.3, -0.25) is 0 Å². The van der Waals surface area contributed by atoms with Crippen molar-refractivity contribution in [3.63, 3.8) is 0 Å². The highest BCUT2D eigenvalue weighted by Crippen LogP contribution is 2.70. The molecule has 0 aromatic rings. The minimum Gasteiger partial charge on any atom is -0.427 e. The molecule has 1 spiro atoms. The van der Waals surface area contributed by atoms with Gasteiger partial charge in [-0.1, -0.05) is 31.9 Å². The first-order chi connectivity index (χ1) is 18.9. The van der Waals surface area contributed by atoms with Crippen molar-refractivity contribution < 1.29 is 19.1 Å². The number of ether oxygens (including phenoxy) is 2. The zero-order valence-electron chi connectivity index (χ0n) is 23.4. The molecule has 3 heterocycles. The number of hydrogen-bond acceptors (Lipinski definition) is 7. The molecule has 5 unspecified atom stereocenters. The molecule has 39 heavy (non-hydrogen) atoms. The van der Waals surface area contributed by atoms with E-state index in [-0.39, 0.29) is 29.7 Å². The van der Waals surface area contributed by atoms with Gasteiger partial charge in [-0.2, -0.15) is 0 Å². The summed E-state index contributed by atoms with van der Waals surface area (Å²) in [6.45, 7) is 5.91. The van der Waals surface area contributed by atoms with Gasteiger partial charge in [0.2, 0.25) is 0 Å². The summed E-state index contributed by atoms with van der Waals surface area (Å²) in [4.78, 5) is 27.3. The van der Waals surface area contributed by atoms with E-state index in [9.17, 15) is 9.59 Å². The number of dihydropyridines is 1. The van der Waals surface area contributed by atoms with Gasteiger partial charge in [0.25, 0.3) is 0 Å². The number of nitrogens with two attached hydrogens (primary N) is 1. The second-order valence-corrected chi connectivity index (χ2v) is 12.1. The van der Waals surface area contributed by atoms with Gasteiger partial charge in [-0.25, -0.2) is 9.59 Å². The molecular formula is C32H41N3O4. The Hall–Kier alpha value is -3.06. The molecule has 1 saturated heterocycles. The van der Waals surface area contributed by atoms with E-state index in [0.717, 1.165) is 85.3 Å². The lowest BCUT2D eigenvalue weighted by molar-refractivity contribution is -0.135. The van der Waals surface area contributed by atoms with E-state index in [4.69, 9.17) is 15.2 Å². The van der Waals surface area contributed by atoms with Crippen molar-refractivity contribution in [3.8, 4) is 0 Å². The van der Waals surface area contributed by atoms with Crippen LogP contribution in [0, 0.1) is 29.1 Å². The van der Waals surface area contributed by atoms with Crippen molar-refractivity contribution in [1.82, 2.24) is 10.6 Å². The second kappa shape index (κ2) is 10.2. The van der Waals surface area contributed by atoms with Crippen LogP contribution >= 0.6 is 0 Å². The van der Waals surface area contributed by atoms with Crippen LogP contribution in [0.2, 0.25) is 0 Å². The number of carbonyl (C=O) groups is 2. The summed E-state index contributed by atoms with van der Waals surface area (Å²) in [7, 11) is 1.96. The van der Waals surface area contributed by atoms with Crippen LogP contribution in [0.25, 0.3) is 0 Å². The topological polar surface area (TPSA) is 103 Å². The second-order valence-electron chi connectivity index (χ2n) is 12.1. The smallest absolute Gasteiger partial charge is 0.340 e. The average Bonchev–Trinajstić information content (AvgIpc) is 3.40. The van der Waals surface area contributed by atoms with Gasteiger partial charge < -0.3 is 25.8 Å². The zero-order valence-corrected chi connectivity index (χ0v) is 23.4. The molecule has 4 aliphatic carbocycles. The first kappa shape index (κ1) is 26.2. The number of rotatable bonds is 8. The van der Waals surface area contributed by atoms with Crippen LogP contribution in [0.4, 0.5) is 0 Å². The molecule has 7 nitrogen and oxygen atoms in total. The number of nitrogens with one attached hydrogen (secondary N) is 2. The van der Waals surface area contributed by atoms with Crippen LogP contribution in [0.3, 0.4) is 0 Å². The predicted molar refractivity (Wildman–Crippen MR) is 149 cm³/mol. The van der Waals surface area contributed by atoms with Crippen LogP contribution in [0.5, 0.6) is 0 Å². The molecule has 7 rings (SSSR count). The zero-order chi connectivity index (χ0) is 27.3. The molecule has 2 fully saturated rings. The van der Waals surface area contributed by atoms with Crippen LogP contribution in [-0.4, -0.2) is 32.1 Å². The molecule has 7 aliphatic rings. The molecule has 208 valence electrons. The minimum absolute atomic E-state index is 0.0845. The largest absolute Gasteiger partial charge is 0.427 e. The molecule has 4 N–H and O–H groups in total. The fourth-order valence-corrected chi connectivity index (χ4v) is 8.25. The van der Waals surface area contributed by atoms with Gasteiger partial charge >= 0.3 is 11.9 Å². The fourth-order valence-electron chi connectivity index (χ4n) is 8.25. The first-order valence-corrected chi connectivity index (χ1v) is 14.8. The lowest BCUT2D eigenvalue weighted by Crippen LogP contribution is -2.52.